The number of primary sulfonamides is 1. The predicted molar refractivity (Wildman–Crippen MR) is 119 cm³/mol. The van der Waals surface area contributed by atoms with Crippen LogP contribution in [-0.2, 0) is 29.4 Å². The van der Waals surface area contributed by atoms with Crippen molar-refractivity contribution in [2.45, 2.75) is 49.3 Å². The highest BCUT2D eigenvalue weighted by Gasteiger charge is 2.17. The number of hydrogen-bond acceptors (Lipinski definition) is 6. The molecule has 0 fully saturated rings. The molecule has 0 saturated heterocycles. The van der Waals surface area contributed by atoms with Gasteiger partial charge in [-0.1, -0.05) is 50.2 Å². The Kier molecular flexibility index (Phi) is 13.3. The number of carboxylic acid groups (broad SMARTS) is 1. The lowest BCUT2D eigenvalue weighted by Gasteiger charge is -2.02. The quantitative estimate of drug-likeness (QED) is 0.601. The molecule has 8 nitrogen and oxygen atoms in total. The number of ketones is 1. The molecule has 0 heterocycles. The molecule has 0 aliphatic heterocycles. The van der Waals surface area contributed by atoms with Crippen LogP contribution in [-0.4, -0.2) is 39.4 Å². The molecule has 0 aliphatic carbocycles. The Morgan fingerprint density at radius 2 is 1.19 bits per heavy atom. The summed E-state index contributed by atoms with van der Waals surface area (Å²) < 4.78 is 44.6. The Labute approximate surface area is 184 Å². The van der Waals surface area contributed by atoms with Gasteiger partial charge in [0.05, 0.1) is 9.79 Å². The first-order valence-corrected chi connectivity index (χ1v) is 12.7. The van der Waals surface area contributed by atoms with E-state index in [1.807, 2.05) is 13.8 Å². The van der Waals surface area contributed by atoms with Crippen LogP contribution in [0.5, 0.6) is 0 Å². The van der Waals surface area contributed by atoms with Gasteiger partial charge in [0.25, 0.3) is 0 Å². The molecule has 172 valence electrons. The topological polar surface area (TPSA) is 149 Å². The smallest absolute Gasteiger partial charge is 0.303 e. The fraction of sp³-hybridized carbons (Fsp3) is 0.333. The zero-order valence-electron chi connectivity index (χ0n) is 17.6. The molecule has 0 spiro atoms. The second-order valence-electron chi connectivity index (χ2n) is 6.36. The average molecular weight is 472 g/mol. The lowest BCUT2D eigenvalue weighted by atomic mass is 10.3. The molecule has 2 aromatic rings. The number of sulfone groups is 1. The summed E-state index contributed by atoms with van der Waals surface area (Å²) in [7, 11) is -6.93. The number of rotatable bonds is 8. The molecule has 0 aliphatic rings. The lowest BCUT2D eigenvalue weighted by molar-refractivity contribution is -0.137. The summed E-state index contributed by atoms with van der Waals surface area (Å²) in [6.45, 7) is 3.70. The van der Waals surface area contributed by atoms with Crippen LogP contribution < -0.4 is 5.14 Å². The summed E-state index contributed by atoms with van der Waals surface area (Å²) in [6.07, 6.45) is 2.03. The monoisotopic (exact) mass is 471 g/mol. The van der Waals surface area contributed by atoms with Crippen LogP contribution in [0.4, 0.5) is 0 Å². The number of carbonyl (C=O) groups is 2. The van der Waals surface area contributed by atoms with E-state index in [1.165, 1.54) is 24.3 Å². The van der Waals surface area contributed by atoms with E-state index in [9.17, 15) is 26.4 Å². The van der Waals surface area contributed by atoms with Gasteiger partial charge in [0.2, 0.25) is 10.0 Å². The van der Waals surface area contributed by atoms with Gasteiger partial charge in [0.15, 0.2) is 9.84 Å². The maximum atomic E-state index is 11.7. The molecule has 0 saturated carbocycles. The highest BCUT2D eigenvalue weighted by molar-refractivity contribution is 7.92. The molecule has 0 amide bonds. The van der Waals surface area contributed by atoms with Crippen molar-refractivity contribution in [1.29, 1.82) is 0 Å². The molecule has 0 unspecified atom stereocenters. The van der Waals surface area contributed by atoms with Crippen LogP contribution in [0.3, 0.4) is 0 Å². The van der Waals surface area contributed by atoms with Gasteiger partial charge in [0.1, 0.15) is 11.5 Å². The number of carbonyl (C=O) groups excluding carboxylic acids is 1. The van der Waals surface area contributed by atoms with E-state index in [2.05, 4.69) is 0 Å². The molecule has 0 radical (unpaired) electrons. The largest absolute Gasteiger partial charge is 0.481 e. The normalized spacial score (nSPS) is 10.7. The summed E-state index contributed by atoms with van der Waals surface area (Å²) in [5.41, 5.74) is 0. The zero-order chi connectivity index (χ0) is 23.9. The Morgan fingerprint density at radius 1 is 0.774 bits per heavy atom. The van der Waals surface area contributed by atoms with Gasteiger partial charge in [0, 0.05) is 12.8 Å². The molecule has 10 heteroatoms. The first-order chi connectivity index (χ1) is 14.4. The van der Waals surface area contributed by atoms with Crippen LogP contribution in [0.1, 0.15) is 39.5 Å². The predicted octanol–water partition coefficient (Wildman–Crippen LogP) is 3.03. The third kappa shape index (κ3) is 13.4. The van der Waals surface area contributed by atoms with Crippen molar-refractivity contribution in [3.05, 3.63) is 60.7 Å². The molecular weight excluding hydrogens is 442 g/mol. The fourth-order valence-corrected chi connectivity index (χ4v) is 3.94. The highest BCUT2D eigenvalue weighted by atomic mass is 32.2. The van der Waals surface area contributed by atoms with Crippen LogP contribution >= 0.6 is 0 Å². The van der Waals surface area contributed by atoms with Crippen molar-refractivity contribution in [2.24, 2.45) is 5.14 Å². The number of Topliss-reactive ketones (excluding diaryl/α,β-unsaturated/α-hetero) is 1. The van der Waals surface area contributed by atoms with E-state index in [4.69, 9.17) is 10.2 Å². The van der Waals surface area contributed by atoms with Crippen LogP contribution in [0.2, 0.25) is 0 Å². The van der Waals surface area contributed by atoms with Crippen LogP contribution in [0.15, 0.2) is 70.5 Å². The zero-order valence-corrected chi connectivity index (χ0v) is 19.2. The molecule has 2 rings (SSSR count). The number of hydrogen-bond donors (Lipinski definition) is 2. The van der Waals surface area contributed by atoms with E-state index >= 15 is 0 Å². The number of aliphatic carboxylic acids is 1. The van der Waals surface area contributed by atoms with Crippen molar-refractivity contribution < 1.29 is 31.5 Å². The van der Waals surface area contributed by atoms with Crippen molar-refractivity contribution >= 4 is 31.6 Å². The van der Waals surface area contributed by atoms with E-state index in [1.54, 1.807) is 36.4 Å². The van der Waals surface area contributed by atoms with Gasteiger partial charge in [-0.05, 0) is 37.1 Å². The first kappa shape index (κ1) is 28.4. The summed E-state index contributed by atoms with van der Waals surface area (Å²) in [4.78, 5) is 21.2. The van der Waals surface area contributed by atoms with Crippen molar-refractivity contribution in [2.75, 3.05) is 5.75 Å². The van der Waals surface area contributed by atoms with Gasteiger partial charge in [-0.25, -0.2) is 22.0 Å². The van der Waals surface area contributed by atoms with Gasteiger partial charge >= 0.3 is 5.97 Å². The molecule has 31 heavy (non-hydrogen) atoms. The van der Waals surface area contributed by atoms with Crippen LogP contribution in [0, 0.1) is 0 Å². The van der Waals surface area contributed by atoms with Gasteiger partial charge in [-0.3, -0.25) is 9.59 Å². The molecule has 3 N–H and O–H groups in total. The van der Waals surface area contributed by atoms with E-state index in [-0.39, 0.29) is 21.3 Å². The first-order valence-electron chi connectivity index (χ1n) is 9.53. The second-order valence-corrected chi connectivity index (χ2v) is 9.91. The number of benzene rings is 2. The maximum Gasteiger partial charge on any atom is 0.303 e. The van der Waals surface area contributed by atoms with Gasteiger partial charge in [-0.2, -0.15) is 0 Å². The van der Waals surface area contributed by atoms with E-state index in [0.717, 1.165) is 6.42 Å². The number of nitrogens with two attached hydrogens (primary N) is 1. The van der Waals surface area contributed by atoms with Gasteiger partial charge < -0.3 is 5.11 Å². The van der Waals surface area contributed by atoms with Crippen molar-refractivity contribution in [3.8, 4) is 0 Å². The van der Waals surface area contributed by atoms with Crippen LogP contribution in [0.25, 0.3) is 0 Å². The van der Waals surface area contributed by atoms with E-state index in [0.29, 0.717) is 19.3 Å². The number of sulfonamides is 1. The third-order valence-electron chi connectivity index (χ3n) is 3.52. The third-order valence-corrected chi connectivity index (χ3v) is 6.14. The molecule has 0 aromatic heterocycles. The summed E-state index contributed by atoms with van der Waals surface area (Å²) >= 11 is 0. The molecular formula is C21H29NO7S2. The Morgan fingerprint density at radius 3 is 1.48 bits per heavy atom. The summed E-state index contributed by atoms with van der Waals surface area (Å²) in [6, 6.07) is 15.9. The fourth-order valence-electron chi connectivity index (χ4n) is 2.10. The number of carboxylic acids is 1. The average Bonchev–Trinajstić information content (AvgIpc) is 2.69. The standard InChI is InChI=1S/C11H14O3S.C6H7NO2S.C4H8O2/c1-2-6-10(12)9-15(13,14)11-7-4-3-5-8-11;7-10(8,9)6-4-2-1-3-5-6;1-2-3-4(5)6/h3-5,7-8H,2,6,9H2,1H3;1-5H,(H2,7,8,9);2-3H2,1H3,(H,5,6). The Balaban J connectivity index is 0.000000484. The second kappa shape index (κ2) is 14.4. The minimum Gasteiger partial charge on any atom is -0.481 e. The highest BCUT2D eigenvalue weighted by Crippen LogP contribution is 2.11. The summed E-state index contributed by atoms with van der Waals surface area (Å²) in [5, 5.41) is 12.7. The summed E-state index contributed by atoms with van der Waals surface area (Å²) in [5.74, 6) is -1.32. The molecule has 2 aromatic carbocycles. The van der Waals surface area contributed by atoms with Crippen molar-refractivity contribution in [1.82, 2.24) is 0 Å². The van der Waals surface area contributed by atoms with Gasteiger partial charge in [-0.15, -0.1) is 0 Å². The maximum absolute atomic E-state index is 11.7. The van der Waals surface area contributed by atoms with E-state index < -0.39 is 25.8 Å². The molecule has 0 bridgehead atoms. The Bertz CT molecular complexity index is 1000. The Hall–Kier alpha value is -2.56. The molecule has 0 atom stereocenters. The lowest BCUT2D eigenvalue weighted by Crippen LogP contribution is -2.15. The SMILES string of the molecule is CCCC(=O)CS(=O)(=O)c1ccccc1.CCCC(=O)O.NS(=O)(=O)c1ccccc1. The minimum atomic E-state index is -3.50. The van der Waals surface area contributed by atoms with Crippen molar-refractivity contribution in [3.63, 3.8) is 0 Å². The minimum absolute atomic E-state index is 0.148.